The highest BCUT2D eigenvalue weighted by molar-refractivity contribution is 7.86. The molecule has 0 radical (unpaired) electrons. The molecule has 276 valence electrons. The van der Waals surface area contributed by atoms with Crippen LogP contribution in [0.15, 0.2) is 35.2 Å². The molecule has 4 heteroatoms. The third kappa shape index (κ3) is 19.7. The van der Waals surface area contributed by atoms with E-state index in [-0.39, 0.29) is 4.90 Å². The minimum absolute atomic E-state index is 0.205. The number of unbranched alkanes of at least 4 members (excludes halogenated alkanes) is 28. The minimum atomic E-state index is -4.30. The van der Waals surface area contributed by atoms with Crippen LogP contribution in [-0.2, 0) is 23.0 Å². The van der Waals surface area contributed by atoms with Crippen molar-refractivity contribution in [1.29, 1.82) is 0 Å². The Kier molecular flexibility index (Phi) is 25.2. The van der Waals surface area contributed by atoms with E-state index < -0.39 is 10.1 Å². The molecule has 0 heterocycles. The van der Waals surface area contributed by atoms with Crippen LogP contribution in [0.3, 0.4) is 0 Å². The highest BCUT2D eigenvalue weighted by Crippen LogP contribution is 2.32. The van der Waals surface area contributed by atoms with E-state index >= 15 is 0 Å². The molecular formula is C44H76O3S. The standard InChI is InChI=1S/C44H76O3S/c1-3-5-7-9-11-13-15-17-19-21-23-25-27-29-31-36-41-39-40-35-33-34-37-42(40)43(44(41)48(45,46)47)38-32-30-28-26-24-22-20-18-16-14-12-10-8-6-4-2/h33-35,37,39H,3-32,36,38H2,1-2H3,(H,45,46,47). The minimum Gasteiger partial charge on any atom is -0.282 e. The SMILES string of the molecule is CCCCCCCCCCCCCCCCCc1cc2ccccc2c(CCCCCCCCCCCCCCCCC)c1S(=O)(=O)O. The first-order chi connectivity index (χ1) is 23.5. The molecule has 48 heavy (non-hydrogen) atoms. The number of aryl methyl sites for hydroxylation is 2. The van der Waals surface area contributed by atoms with Crippen LogP contribution in [0.4, 0.5) is 0 Å². The molecule has 2 rings (SSSR count). The number of rotatable bonds is 33. The summed E-state index contributed by atoms with van der Waals surface area (Å²) in [5, 5.41) is 2.08. The molecule has 0 aliphatic carbocycles. The Labute approximate surface area is 298 Å². The topological polar surface area (TPSA) is 54.4 Å². The van der Waals surface area contributed by atoms with Crippen LogP contribution in [0.1, 0.15) is 218 Å². The van der Waals surface area contributed by atoms with Gasteiger partial charge in [-0.2, -0.15) is 8.42 Å². The summed E-state index contributed by atoms with van der Waals surface area (Å²) in [4.78, 5) is 0.205. The third-order valence-corrected chi connectivity index (χ3v) is 11.5. The van der Waals surface area contributed by atoms with Gasteiger partial charge in [0.25, 0.3) is 10.1 Å². The van der Waals surface area contributed by atoms with E-state index in [4.69, 9.17) is 0 Å². The molecule has 2 aromatic rings. The summed E-state index contributed by atoms with van der Waals surface area (Å²) in [7, 11) is -4.30. The zero-order chi connectivity index (χ0) is 34.5. The molecule has 0 unspecified atom stereocenters. The average molecular weight is 685 g/mol. The lowest BCUT2D eigenvalue weighted by molar-refractivity contribution is 0.480. The highest BCUT2D eigenvalue weighted by atomic mass is 32.2. The number of fused-ring (bicyclic) bond motifs is 1. The largest absolute Gasteiger partial charge is 0.295 e. The Hall–Kier alpha value is -1.39. The van der Waals surface area contributed by atoms with Crippen molar-refractivity contribution in [3.05, 3.63) is 41.5 Å². The maximum absolute atomic E-state index is 12.8. The van der Waals surface area contributed by atoms with Crippen molar-refractivity contribution in [3.8, 4) is 0 Å². The van der Waals surface area contributed by atoms with Gasteiger partial charge in [0.15, 0.2) is 0 Å². The molecule has 0 aliphatic rings. The van der Waals surface area contributed by atoms with Crippen molar-refractivity contribution in [2.24, 2.45) is 0 Å². The summed E-state index contributed by atoms with van der Waals surface area (Å²) in [5.41, 5.74) is 1.64. The summed E-state index contributed by atoms with van der Waals surface area (Å²) in [6, 6.07) is 10.2. The summed E-state index contributed by atoms with van der Waals surface area (Å²) in [6.45, 7) is 4.56. The molecular weight excluding hydrogens is 609 g/mol. The first-order valence-electron chi connectivity index (χ1n) is 21.0. The van der Waals surface area contributed by atoms with Crippen molar-refractivity contribution in [1.82, 2.24) is 0 Å². The van der Waals surface area contributed by atoms with Crippen LogP contribution < -0.4 is 0 Å². The number of hydrogen-bond donors (Lipinski definition) is 1. The lowest BCUT2D eigenvalue weighted by Gasteiger charge is -2.16. The number of benzene rings is 2. The van der Waals surface area contributed by atoms with Crippen molar-refractivity contribution in [3.63, 3.8) is 0 Å². The molecule has 3 nitrogen and oxygen atoms in total. The third-order valence-electron chi connectivity index (χ3n) is 10.5. The van der Waals surface area contributed by atoms with Gasteiger partial charge in [-0.05, 0) is 53.6 Å². The monoisotopic (exact) mass is 685 g/mol. The second-order valence-electron chi connectivity index (χ2n) is 14.9. The second-order valence-corrected chi connectivity index (χ2v) is 16.3. The molecule has 0 aliphatic heterocycles. The van der Waals surface area contributed by atoms with Gasteiger partial charge >= 0.3 is 0 Å². The lowest BCUT2D eigenvalue weighted by Crippen LogP contribution is -2.09. The fourth-order valence-corrected chi connectivity index (χ4v) is 8.60. The smallest absolute Gasteiger partial charge is 0.282 e. The normalized spacial score (nSPS) is 12.0. The summed E-state index contributed by atoms with van der Waals surface area (Å²) < 4.78 is 36.0. The molecule has 0 atom stereocenters. The van der Waals surface area contributed by atoms with Crippen LogP contribution in [0.2, 0.25) is 0 Å². The van der Waals surface area contributed by atoms with Gasteiger partial charge in [-0.15, -0.1) is 0 Å². The predicted octanol–water partition coefficient (Wildman–Crippen LogP) is 14.9. The molecule has 1 N–H and O–H groups in total. The average Bonchev–Trinajstić information content (AvgIpc) is 3.07. The van der Waals surface area contributed by atoms with E-state index in [0.717, 1.165) is 47.6 Å². The molecule has 0 amide bonds. The predicted molar refractivity (Wildman–Crippen MR) is 211 cm³/mol. The van der Waals surface area contributed by atoms with Gasteiger partial charge in [0.05, 0.1) is 0 Å². The van der Waals surface area contributed by atoms with E-state index in [0.29, 0.717) is 12.8 Å². The molecule has 0 saturated carbocycles. The van der Waals surface area contributed by atoms with Crippen molar-refractivity contribution >= 4 is 20.9 Å². The van der Waals surface area contributed by atoms with E-state index in [1.807, 2.05) is 24.3 Å². The fraction of sp³-hybridized carbons (Fsp3) is 0.773. The van der Waals surface area contributed by atoms with Crippen molar-refractivity contribution in [2.75, 3.05) is 0 Å². The molecule has 0 saturated heterocycles. The lowest BCUT2D eigenvalue weighted by atomic mass is 9.94. The van der Waals surface area contributed by atoms with E-state index in [1.165, 1.54) is 167 Å². The molecule has 0 fully saturated rings. The number of hydrogen-bond acceptors (Lipinski definition) is 2. The van der Waals surface area contributed by atoms with Gasteiger partial charge in [-0.3, -0.25) is 4.55 Å². The van der Waals surface area contributed by atoms with Gasteiger partial charge in [0.2, 0.25) is 0 Å². The van der Waals surface area contributed by atoms with E-state index in [2.05, 4.69) is 19.9 Å². The summed E-state index contributed by atoms with van der Waals surface area (Å²) in [6.07, 6.45) is 40.9. The summed E-state index contributed by atoms with van der Waals surface area (Å²) in [5.74, 6) is 0. The Morgan fingerprint density at radius 3 is 1.17 bits per heavy atom. The fourth-order valence-electron chi connectivity index (χ4n) is 7.58. The van der Waals surface area contributed by atoms with Gasteiger partial charge in [0, 0.05) is 0 Å². The maximum atomic E-state index is 12.8. The van der Waals surface area contributed by atoms with Crippen molar-refractivity contribution in [2.45, 2.75) is 224 Å². The maximum Gasteiger partial charge on any atom is 0.295 e. The first kappa shape index (κ1) is 42.8. The molecule has 0 spiro atoms. The first-order valence-corrected chi connectivity index (χ1v) is 22.4. The van der Waals surface area contributed by atoms with Gasteiger partial charge < -0.3 is 0 Å². The van der Waals surface area contributed by atoms with Crippen molar-refractivity contribution < 1.29 is 13.0 Å². The highest BCUT2D eigenvalue weighted by Gasteiger charge is 2.22. The van der Waals surface area contributed by atoms with Crippen LogP contribution in [-0.4, -0.2) is 13.0 Å². The zero-order valence-corrected chi connectivity index (χ0v) is 32.5. The Morgan fingerprint density at radius 1 is 0.458 bits per heavy atom. The Balaban J connectivity index is 1.70. The molecule has 0 aromatic heterocycles. The van der Waals surface area contributed by atoms with Crippen LogP contribution in [0.25, 0.3) is 10.8 Å². The second kappa shape index (κ2) is 28.3. The van der Waals surface area contributed by atoms with Gasteiger partial charge in [-0.1, -0.05) is 218 Å². The van der Waals surface area contributed by atoms with Crippen LogP contribution >= 0.6 is 0 Å². The van der Waals surface area contributed by atoms with Gasteiger partial charge in [0.1, 0.15) is 4.90 Å². The van der Waals surface area contributed by atoms with E-state index in [9.17, 15) is 13.0 Å². The summed E-state index contributed by atoms with van der Waals surface area (Å²) >= 11 is 0. The zero-order valence-electron chi connectivity index (χ0n) is 31.7. The van der Waals surface area contributed by atoms with Crippen LogP contribution in [0, 0.1) is 0 Å². The molecule has 2 aromatic carbocycles. The van der Waals surface area contributed by atoms with Crippen LogP contribution in [0.5, 0.6) is 0 Å². The quantitative estimate of drug-likeness (QED) is 0.0601. The Morgan fingerprint density at radius 2 is 0.792 bits per heavy atom. The Bertz CT molecular complexity index is 1160. The van der Waals surface area contributed by atoms with E-state index in [1.54, 1.807) is 0 Å². The molecule has 0 bridgehead atoms. The van der Waals surface area contributed by atoms with Gasteiger partial charge in [-0.25, -0.2) is 0 Å².